The highest BCUT2D eigenvalue weighted by Gasteiger charge is 2.16. The van der Waals surface area contributed by atoms with Gasteiger partial charge in [0.2, 0.25) is 0 Å². The Morgan fingerprint density at radius 2 is 1.71 bits per heavy atom. The number of hydrogen-bond acceptors (Lipinski definition) is 2. The van der Waals surface area contributed by atoms with Crippen molar-refractivity contribution < 1.29 is 9.53 Å². The second-order valence-electron chi connectivity index (χ2n) is 3.56. The van der Waals surface area contributed by atoms with Gasteiger partial charge in [-0.2, -0.15) is 0 Å². The average molecular weight is 192 g/mol. The Morgan fingerprint density at radius 3 is 2.21 bits per heavy atom. The largest absolute Gasteiger partial charge is 0.368 e. The predicted octanol–water partition coefficient (Wildman–Crippen LogP) is 2.68. The zero-order valence-corrected chi connectivity index (χ0v) is 8.86. The molecule has 1 atom stereocenters. The van der Waals surface area contributed by atoms with Crippen LogP contribution in [0.2, 0.25) is 0 Å². The molecule has 2 nitrogen and oxygen atoms in total. The fourth-order valence-electron chi connectivity index (χ4n) is 1.31. The van der Waals surface area contributed by atoms with E-state index < -0.39 is 0 Å². The summed E-state index contributed by atoms with van der Waals surface area (Å²) in [5, 5.41) is 0. The average Bonchev–Trinajstić information content (AvgIpc) is 2.17. The quantitative estimate of drug-likeness (QED) is 0.685. The van der Waals surface area contributed by atoms with Gasteiger partial charge in [-0.25, -0.2) is 0 Å². The monoisotopic (exact) mass is 192 g/mol. The van der Waals surface area contributed by atoms with Crippen LogP contribution in [0.1, 0.15) is 31.1 Å². The second-order valence-corrected chi connectivity index (χ2v) is 3.56. The Labute approximate surface area is 84.9 Å². The molecule has 0 fully saturated rings. The minimum absolute atomic E-state index is 0.0410. The van der Waals surface area contributed by atoms with Crippen LogP contribution in [0.25, 0.3) is 0 Å². The highest BCUT2D eigenvalue weighted by atomic mass is 16.5. The van der Waals surface area contributed by atoms with E-state index in [1.807, 2.05) is 44.2 Å². The molecule has 0 aliphatic rings. The highest BCUT2D eigenvalue weighted by molar-refractivity contribution is 5.99. The van der Waals surface area contributed by atoms with E-state index >= 15 is 0 Å². The Bertz CT molecular complexity index is 290. The van der Waals surface area contributed by atoms with Crippen LogP contribution in [0.15, 0.2) is 30.3 Å². The Hall–Kier alpha value is -1.15. The maximum Gasteiger partial charge on any atom is 0.191 e. The number of benzene rings is 1. The molecule has 0 N–H and O–H groups in total. The Balaban J connectivity index is 2.66. The molecular weight excluding hydrogens is 176 g/mol. The van der Waals surface area contributed by atoms with Gasteiger partial charge in [-0.1, -0.05) is 30.3 Å². The standard InChI is InChI=1S/C12H16O2/c1-9(2)14-10(3)12(13)11-7-5-4-6-8-11/h4-10H,1-3H3. The number of ketones is 1. The summed E-state index contributed by atoms with van der Waals surface area (Å²) >= 11 is 0. The maximum absolute atomic E-state index is 11.8. The third-order valence-electron chi connectivity index (χ3n) is 1.90. The molecule has 1 aromatic carbocycles. The number of hydrogen-bond donors (Lipinski definition) is 0. The van der Waals surface area contributed by atoms with Crippen molar-refractivity contribution >= 4 is 5.78 Å². The third-order valence-corrected chi connectivity index (χ3v) is 1.90. The molecule has 0 aliphatic carbocycles. The van der Waals surface area contributed by atoms with Gasteiger partial charge >= 0.3 is 0 Å². The molecule has 0 radical (unpaired) electrons. The van der Waals surface area contributed by atoms with Crippen molar-refractivity contribution in [2.75, 3.05) is 0 Å². The first-order chi connectivity index (χ1) is 6.61. The number of carbonyl (C=O) groups excluding carboxylic acids is 1. The second kappa shape index (κ2) is 4.91. The smallest absolute Gasteiger partial charge is 0.191 e. The van der Waals surface area contributed by atoms with Crippen molar-refractivity contribution in [1.82, 2.24) is 0 Å². The van der Waals surface area contributed by atoms with Crippen LogP contribution in [0.5, 0.6) is 0 Å². The SMILES string of the molecule is CC(C)OC(C)C(=O)c1ccccc1. The molecule has 0 amide bonds. The lowest BCUT2D eigenvalue weighted by Gasteiger charge is -2.14. The molecule has 0 heterocycles. The van der Waals surface area contributed by atoms with Gasteiger partial charge in [0, 0.05) is 5.56 Å². The number of ether oxygens (including phenoxy) is 1. The van der Waals surface area contributed by atoms with Crippen LogP contribution in [-0.2, 0) is 4.74 Å². The molecule has 0 bridgehead atoms. The van der Waals surface area contributed by atoms with Crippen molar-refractivity contribution in [2.45, 2.75) is 33.0 Å². The first kappa shape index (κ1) is 10.9. The molecule has 1 rings (SSSR count). The zero-order chi connectivity index (χ0) is 10.6. The molecule has 0 saturated heterocycles. The molecule has 76 valence electrons. The molecule has 1 aromatic rings. The summed E-state index contributed by atoms with van der Waals surface area (Å²) in [6.07, 6.45) is -0.282. The van der Waals surface area contributed by atoms with Crippen LogP contribution in [0.3, 0.4) is 0 Å². The number of carbonyl (C=O) groups is 1. The summed E-state index contributed by atoms with van der Waals surface area (Å²) in [4.78, 5) is 11.8. The van der Waals surface area contributed by atoms with Gasteiger partial charge < -0.3 is 4.74 Å². The molecule has 1 unspecified atom stereocenters. The van der Waals surface area contributed by atoms with E-state index in [1.165, 1.54) is 0 Å². The van der Waals surface area contributed by atoms with Crippen LogP contribution in [0.4, 0.5) is 0 Å². The number of rotatable bonds is 4. The van der Waals surface area contributed by atoms with Crippen molar-refractivity contribution in [3.63, 3.8) is 0 Å². The van der Waals surface area contributed by atoms with Gasteiger partial charge in [-0.3, -0.25) is 4.79 Å². The normalized spacial score (nSPS) is 12.9. The molecular formula is C12H16O2. The fourth-order valence-corrected chi connectivity index (χ4v) is 1.31. The minimum Gasteiger partial charge on any atom is -0.368 e. The zero-order valence-electron chi connectivity index (χ0n) is 8.86. The molecule has 0 aliphatic heterocycles. The number of Topliss-reactive ketones (excluding diaryl/α,β-unsaturated/α-hetero) is 1. The lowest BCUT2D eigenvalue weighted by atomic mass is 10.1. The fraction of sp³-hybridized carbons (Fsp3) is 0.417. The van der Waals surface area contributed by atoms with Gasteiger partial charge in [0.1, 0.15) is 6.10 Å². The Kier molecular flexibility index (Phi) is 3.84. The van der Waals surface area contributed by atoms with Gasteiger partial charge in [0.05, 0.1) is 6.10 Å². The first-order valence-corrected chi connectivity index (χ1v) is 4.86. The highest BCUT2D eigenvalue weighted by Crippen LogP contribution is 2.07. The van der Waals surface area contributed by atoms with E-state index in [0.717, 1.165) is 0 Å². The summed E-state index contributed by atoms with van der Waals surface area (Å²) in [6.45, 7) is 5.64. The molecule has 2 heteroatoms. The van der Waals surface area contributed by atoms with Crippen molar-refractivity contribution in [3.8, 4) is 0 Å². The lowest BCUT2D eigenvalue weighted by molar-refractivity contribution is 0.0202. The van der Waals surface area contributed by atoms with Crippen LogP contribution >= 0.6 is 0 Å². The third kappa shape index (κ3) is 2.96. The van der Waals surface area contributed by atoms with Crippen molar-refractivity contribution in [1.29, 1.82) is 0 Å². The van der Waals surface area contributed by atoms with Crippen molar-refractivity contribution in [2.24, 2.45) is 0 Å². The van der Waals surface area contributed by atoms with Crippen LogP contribution in [-0.4, -0.2) is 18.0 Å². The summed E-state index contributed by atoms with van der Waals surface area (Å²) in [7, 11) is 0. The molecule has 0 spiro atoms. The van der Waals surface area contributed by atoms with E-state index in [1.54, 1.807) is 6.92 Å². The summed E-state index contributed by atoms with van der Waals surface area (Å²) in [5.41, 5.74) is 0.709. The topological polar surface area (TPSA) is 26.3 Å². The van der Waals surface area contributed by atoms with E-state index in [9.17, 15) is 4.79 Å². The minimum atomic E-state index is -0.364. The van der Waals surface area contributed by atoms with Gasteiger partial charge in [0.25, 0.3) is 0 Å². The summed E-state index contributed by atoms with van der Waals surface area (Å²) < 4.78 is 5.42. The summed E-state index contributed by atoms with van der Waals surface area (Å²) in [6, 6.07) is 9.22. The summed E-state index contributed by atoms with van der Waals surface area (Å²) in [5.74, 6) is 0.0410. The van der Waals surface area contributed by atoms with E-state index in [4.69, 9.17) is 4.74 Å². The molecule has 0 saturated carbocycles. The lowest BCUT2D eigenvalue weighted by Crippen LogP contribution is -2.24. The predicted molar refractivity (Wildman–Crippen MR) is 56.5 cm³/mol. The van der Waals surface area contributed by atoms with E-state index in [-0.39, 0.29) is 18.0 Å². The van der Waals surface area contributed by atoms with Gasteiger partial charge in [-0.05, 0) is 20.8 Å². The maximum atomic E-state index is 11.8. The van der Waals surface area contributed by atoms with Gasteiger partial charge in [-0.15, -0.1) is 0 Å². The van der Waals surface area contributed by atoms with Crippen LogP contribution in [0, 0.1) is 0 Å². The molecule has 14 heavy (non-hydrogen) atoms. The Morgan fingerprint density at radius 1 is 1.14 bits per heavy atom. The molecule has 0 aromatic heterocycles. The van der Waals surface area contributed by atoms with E-state index in [2.05, 4.69) is 0 Å². The van der Waals surface area contributed by atoms with E-state index in [0.29, 0.717) is 5.56 Å². The van der Waals surface area contributed by atoms with Gasteiger partial charge in [0.15, 0.2) is 5.78 Å². The first-order valence-electron chi connectivity index (χ1n) is 4.86. The van der Waals surface area contributed by atoms with Crippen LogP contribution < -0.4 is 0 Å². The van der Waals surface area contributed by atoms with Crippen molar-refractivity contribution in [3.05, 3.63) is 35.9 Å².